The summed E-state index contributed by atoms with van der Waals surface area (Å²) in [6, 6.07) is 2.33. The molecule has 3 aliphatic heterocycles. The largest absolute Gasteiger partial charge is 0.493 e. The second-order valence-electron chi connectivity index (χ2n) is 10.1. The fourth-order valence-corrected chi connectivity index (χ4v) is 6.69. The maximum atomic E-state index is 12.5. The van der Waals surface area contributed by atoms with Crippen LogP contribution < -0.4 is 9.47 Å². The molecule has 160 valence electrons. The molecule has 4 atom stereocenters. The molecule has 0 radical (unpaired) electrons. The van der Waals surface area contributed by atoms with Crippen LogP contribution in [0.1, 0.15) is 49.3 Å². The van der Waals surface area contributed by atoms with Crippen LogP contribution in [0.5, 0.6) is 11.5 Å². The van der Waals surface area contributed by atoms with Gasteiger partial charge in [-0.1, -0.05) is 6.07 Å². The van der Waals surface area contributed by atoms with Crippen LogP contribution in [0.3, 0.4) is 0 Å². The molecule has 1 aromatic rings. The SMILES string of the molecule is COc1c(C)cc(C)c2c1O[C@H]1CN(C)CCC3(O)C(C)N(CC4CC4)CCC213. The van der Waals surface area contributed by atoms with Crippen molar-refractivity contribution >= 4 is 0 Å². The third-order valence-corrected chi connectivity index (χ3v) is 8.43. The Morgan fingerprint density at radius 1 is 1.21 bits per heavy atom. The third kappa shape index (κ3) is 2.63. The number of methoxy groups -OCH3 is 1. The van der Waals surface area contributed by atoms with Gasteiger partial charge in [-0.2, -0.15) is 0 Å². The predicted octanol–water partition coefficient (Wildman–Crippen LogP) is 2.88. The van der Waals surface area contributed by atoms with E-state index in [1.165, 1.54) is 24.0 Å². The van der Waals surface area contributed by atoms with Gasteiger partial charge in [0.2, 0.25) is 0 Å². The van der Waals surface area contributed by atoms with E-state index < -0.39 is 5.60 Å². The summed E-state index contributed by atoms with van der Waals surface area (Å²) in [6.45, 7) is 10.4. The van der Waals surface area contributed by atoms with Gasteiger partial charge in [0.1, 0.15) is 6.10 Å². The van der Waals surface area contributed by atoms with Gasteiger partial charge < -0.3 is 19.5 Å². The molecule has 1 saturated carbocycles. The van der Waals surface area contributed by atoms with Gasteiger partial charge in [-0.05, 0) is 77.1 Å². The Morgan fingerprint density at radius 2 is 1.97 bits per heavy atom. The lowest BCUT2D eigenvalue weighted by Gasteiger charge is -2.57. The second-order valence-corrected chi connectivity index (χ2v) is 10.1. The number of fused-ring (bicyclic) bond motifs is 1. The number of hydrogen-bond acceptors (Lipinski definition) is 5. The highest BCUT2D eigenvalue weighted by Gasteiger charge is 2.67. The molecule has 1 aliphatic carbocycles. The molecular formula is C24H36N2O3. The molecule has 0 aromatic heterocycles. The van der Waals surface area contributed by atoms with Crippen molar-refractivity contribution in [3.05, 3.63) is 22.8 Å². The number of ether oxygens (including phenoxy) is 2. The molecule has 3 fully saturated rings. The highest BCUT2D eigenvalue weighted by atomic mass is 16.5. The van der Waals surface area contributed by atoms with Crippen LogP contribution in [0.25, 0.3) is 0 Å². The number of hydrogen-bond donors (Lipinski definition) is 1. The van der Waals surface area contributed by atoms with Crippen LogP contribution in [-0.4, -0.2) is 73.0 Å². The van der Waals surface area contributed by atoms with Crippen molar-refractivity contribution in [2.75, 3.05) is 40.3 Å². The van der Waals surface area contributed by atoms with E-state index in [0.717, 1.165) is 62.0 Å². The molecule has 1 N–H and O–H groups in total. The number of aliphatic hydroxyl groups is 1. The minimum Gasteiger partial charge on any atom is -0.493 e. The molecule has 0 amide bonds. The number of benzene rings is 1. The van der Waals surface area contributed by atoms with E-state index >= 15 is 0 Å². The standard InChI is InChI=1S/C24H36N2O3/c1-15-12-16(2)21(28-5)22-20(15)23-8-11-26(13-18-6-7-18)17(3)24(23,27)9-10-25(4)14-19(23)29-22/h12,17-19,27H,6-11,13-14H2,1-5H3/t17?,19-,23?,24?/m0/s1. The highest BCUT2D eigenvalue weighted by molar-refractivity contribution is 5.62. The normalized spacial score (nSPS) is 37.3. The van der Waals surface area contributed by atoms with Crippen molar-refractivity contribution in [1.82, 2.24) is 9.80 Å². The fourth-order valence-electron chi connectivity index (χ4n) is 6.69. The molecule has 2 saturated heterocycles. The van der Waals surface area contributed by atoms with Crippen molar-refractivity contribution in [2.24, 2.45) is 5.92 Å². The Morgan fingerprint density at radius 3 is 2.66 bits per heavy atom. The minimum atomic E-state index is -0.814. The van der Waals surface area contributed by atoms with E-state index in [2.05, 4.69) is 43.7 Å². The van der Waals surface area contributed by atoms with Crippen molar-refractivity contribution in [3.8, 4) is 11.5 Å². The Balaban J connectivity index is 1.68. The summed E-state index contributed by atoms with van der Waals surface area (Å²) in [6.07, 6.45) is 4.37. The monoisotopic (exact) mass is 400 g/mol. The van der Waals surface area contributed by atoms with Gasteiger partial charge in [-0.3, -0.25) is 4.90 Å². The second kappa shape index (κ2) is 6.60. The zero-order valence-corrected chi connectivity index (χ0v) is 18.6. The summed E-state index contributed by atoms with van der Waals surface area (Å²) < 4.78 is 12.5. The molecule has 5 heteroatoms. The summed E-state index contributed by atoms with van der Waals surface area (Å²) >= 11 is 0. The van der Waals surface area contributed by atoms with Gasteiger partial charge in [0.05, 0.1) is 18.1 Å². The lowest BCUT2D eigenvalue weighted by molar-refractivity contribution is -0.151. The zero-order valence-electron chi connectivity index (χ0n) is 18.6. The lowest BCUT2D eigenvalue weighted by Crippen LogP contribution is -2.70. The first-order valence-electron chi connectivity index (χ1n) is 11.3. The van der Waals surface area contributed by atoms with Crippen LogP contribution in [0.4, 0.5) is 0 Å². The van der Waals surface area contributed by atoms with Gasteiger partial charge in [0, 0.05) is 31.2 Å². The number of piperidine rings is 1. The number of likely N-dealkylation sites (N-methyl/N-ethyl adjacent to an activating group) is 1. The first kappa shape index (κ1) is 19.7. The predicted molar refractivity (Wildman–Crippen MR) is 114 cm³/mol. The number of nitrogens with zero attached hydrogens (tertiary/aromatic N) is 2. The first-order chi connectivity index (χ1) is 13.8. The average molecular weight is 401 g/mol. The summed E-state index contributed by atoms with van der Waals surface area (Å²) in [5, 5.41) is 12.5. The molecule has 5 nitrogen and oxygen atoms in total. The van der Waals surface area contributed by atoms with Gasteiger partial charge in [0.25, 0.3) is 0 Å². The van der Waals surface area contributed by atoms with Gasteiger partial charge in [-0.15, -0.1) is 0 Å². The zero-order chi connectivity index (χ0) is 20.6. The van der Waals surface area contributed by atoms with Crippen molar-refractivity contribution < 1.29 is 14.6 Å². The van der Waals surface area contributed by atoms with Crippen molar-refractivity contribution in [2.45, 2.75) is 69.6 Å². The van der Waals surface area contributed by atoms with E-state index in [4.69, 9.17) is 9.47 Å². The van der Waals surface area contributed by atoms with Crippen LogP contribution in [0, 0.1) is 19.8 Å². The summed E-state index contributed by atoms with van der Waals surface area (Å²) in [4.78, 5) is 4.89. The summed E-state index contributed by atoms with van der Waals surface area (Å²) in [5.41, 5.74) is 2.35. The van der Waals surface area contributed by atoms with Gasteiger partial charge in [-0.25, -0.2) is 0 Å². The van der Waals surface area contributed by atoms with E-state index in [-0.39, 0.29) is 17.6 Å². The molecule has 0 bridgehead atoms. The molecule has 5 rings (SSSR count). The fraction of sp³-hybridized carbons (Fsp3) is 0.750. The molecule has 29 heavy (non-hydrogen) atoms. The van der Waals surface area contributed by atoms with Gasteiger partial charge >= 0.3 is 0 Å². The van der Waals surface area contributed by atoms with E-state index in [9.17, 15) is 5.11 Å². The molecule has 4 aliphatic rings. The quantitative estimate of drug-likeness (QED) is 0.845. The Bertz CT molecular complexity index is 823. The first-order valence-corrected chi connectivity index (χ1v) is 11.3. The Labute approximate surface area is 175 Å². The highest BCUT2D eigenvalue weighted by Crippen LogP contribution is 2.61. The molecule has 1 aromatic carbocycles. The van der Waals surface area contributed by atoms with E-state index in [1.54, 1.807) is 7.11 Å². The lowest BCUT2D eigenvalue weighted by atomic mass is 9.56. The van der Waals surface area contributed by atoms with Crippen LogP contribution in [-0.2, 0) is 5.41 Å². The maximum Gasteiger partial charge on any atom is 0.166 e. The Hall–Kier alpha value is -1.30. The van der Waals surface area contributed by atoms with Crippen molar-refractivity contribution in [3.63, 3.8) is 0 Å². The van der Waals surface area contributed by atoms with Crippen LogP contribution in [0.2, 0.25) is 0 Å². The molecular weight excluding hydrogens is 364 g/mol. The van der Waals surface area contributed by atoms with Crippen LogP contribution in [0.15, 0.2) is 6.07 Å². The Kier molecular flexibility index (Phi) is 4.47. The van der Waals surface area contributed by atoms with Gasteiger partial charge in [0.15, 0.2) is 11.5 Å². The topological polar surface area (TPSA) is 45.2 Å². The van der Waals surface area contributed by atoms with Crippen LogP contribution >= 0.6 is 0 Å². The number of likely N-dealkylation sites (tertiary alicyclic amines) is 2. The summed E-state index contributed by atoms with van der Waals surface area (Å²) in [7, 11) is 3.88. The molecule has 3 heterocycles. The number of aryl methyl sites for hydroxylation is 2. The van der Waals surface area contributed by atoms with E-state index in [0.29, 0.717) is 0 Å². The minimum absolute atomic E-state index is 0.0464. The maximum absolute atomic E-state index is 12.5. The third-order valence-electron chi connectivity index (χ3n) is 8.43. The van der Waals surface area contributed by atoms with Crippen molar-refractivity contribution in [1.29, 1.82) is 0 Å². The molecule has 1 spiro atoms. The van der Waals surface area contributed by atoms with E-state index in [1.807, 2.05) is 0 Å². The smallest absolute Gasteiger partial charge is 0.166 e. The average Bonchev–Trinajstić information content (AvgIpc) is 3.44. The molecule has 3 unspecified atom stereocenters. The summed E-state index contributed by atoms with van der Waals surface area (Å²) in [5.74, 6) is 2.55. The number of rotatable bonds is 3.